The highest BCUT2D eigenvalue weighted by atomic mass is 35.5. The van der Waals surface area contributed by atoms with Gasteiger partial charge >= 0.3 is 0 Å². The van der Waals surface area contributed by atoms with Crippen molar-refractivity contribution in [1.82, 2.24) is 19.8 Å². The number of benzene rings is 1. The molecule has 1 aromatic heterocycles. The van der Waals surface area contributed by atoms with E-state index in [4.69, 9.17) is 11.6 Å². The van der Waals surface area contributed by atoms with Crippen LogP contribution < -0.4 is 0 Å². The third kappa shape index (κ3) is 3.69. The highest BCUT2D eigenvalue weighted by molar-refractivity contribution is 6.30. The Kier molecular flexibility index (Phi) is 5.52. The Balaban J connectivity index is 1.63. The van der Waals surface area contributed by atoms with E-state index in [2.05, 4.69) is 14.9 Å². The van der Waals surface area contributed by atoms with Crippen LogP contribution >= 0.6 is 11.6 Å². The van der Waals surface area contributed by atoms with Gasteiger partial charge in [0.05, 0.1) is 22.7 Å². The van der Waals surface area contributed by atoms with E-state index >= 15 is 0 Å². The van der Waals surface area contributed by atoms with Gasteiger partial charge < -0.3 is 20.0 Å². The summed E-state index contributed by atoms with van der Waals surface area (Å²) in [5.74, 6) is -1.02. The van der Waals surface area contributed by atoms with Gasteiger partial charge in [0.2, 0.25) is 0 Å². The summed E-state index contributed by atoms with van der Waals surface area (Å²) in [4.78, 5) is 24.3. The maximum Gasteiger partial charge on any atom is 0.257 e. The molecule has 4 rings (SSSR count). The Hall–Kier alpha value is -2.13. The van der Waals surface area contributed by atoms with Crippen LogP contribution in [-0.2, 0) is 12.1 Å². The van der Waals surface area contributed by atoms with Crippen molar-refractivity contribution in [2.24, 2.45) is 5.92 Å². The van der Waals surface area contributed by atoms with E-state index in [-0.39, 0.29) is 29.4 Å². The molecule has 2 aliphatic heterocycles. The normalized spacial score (nSPS) is 22.3. The predicted octanol–water partition coefficient (Wildman–Crippen LogP) is 2.47. The van der Waals surface area contributed by atoms with Crippen molar-refractivity contribution in [1.29, 1.82) is 0 Å². The van der Waals surface area contributed by atoms with Crippen LogP contribution in [0.5, 0.6) is 0 Å². The lowest BCUT2D eigenvalue weighted by Gasteiger charge is -2.39. The van der Waals surface area contributed by atoms with Gasteiger partial charge in [0.15, 0.2) is 6.23 Å². The first kappa shape index (κ1) is 21.1. The zero-order valence-corrected chi connectivity index (χ0v) is 17.6. The third-order valence-corrected chi connectivity index (χ3v) is 6.45. The van der Waals surface area contributed by atoms with Gasteiger partial charge in [-0.3, -0.25) is 4.79 Å². The smallest absolute Gasteiger partial charge is 0.257 e. The molecule has 2 aliphatic rings. The number of amides is 1. The molecule has 0 aliphatic carbocycles. The first-order chi connectivity index (χ1) is 14.2. The van der Waals surface area contributed by atoms with E-state index in [9.17, 15) is 19.4 Å². The zero-order valence-electron chi connectivity index (χ0n) is 16.8. The van der Waals surface area contributed by atoms with Gasteiger partial charge in [-0.2, -0.15) is 0 Å². The Morgan fingerprint density at radius 3 is 2.53 bits per heavy atom. The molecule has 2 aromatic rings. The second kappa shape index (κ2) is 7.85. The molecule has 0 radical (unpaired) electrons. The fraction of sp³-hybridized carbons (Fsp3) is 0.476. The Labute approximate surface area is 179 Å². The van der Waals surface area contributed by atoms with Crippen molar-refractivity contribution in [2.75, 3.05) is 20.1 Å². The minimum absolute atomic E-state index is 0.0499. The summed E-state index contributed by atoms with van der Waals surface area (Å²) in [6, 6.07) is 2.74. The van der Waals surface area contributed by atoms with Gasteiger partial charge in [0, 0.05) is 18.0 Å². The number of aromatic nitrogens is 2. The molecule has 0 spiro atoms. The lowest BCUT2D eigenvalue weighted by Crippen LogP contribution is -2.40. The van der Waals surface area contributed by atoms with Gasteiger partial charge in [-0.1, -0.05) is 11.6 Å². The summed E-state index contributed by atoms with van der Waals surface area (Å²) in [6.07, 6.45) is 2.88. The van der Waals surface area contributed by atoms with Crippen LogP contribution in [0.25, 0.3) is 0 Å². The highest BCUT2D eigenvalue weighted by Crippen LogP contribution is 2.41. The number of aliphatic hydroxyl groups is 2. The minimum atomic E-state index is -1.45. The fourth-order valence-electron chi connectivity index (χ4n) is 4.31. The molecule has 160 valence electrons. The van der Waals surface area contributed by atoms with E-state index in [1.54, 1.807) is 6.92 Å². The summed E-state index contributed by atoms with van der Waals surface area (Å²) in [5, 5.41) is 22.2. The summed E-state index contributed by atoms with van der Waals surface area (Å²) in [5.41, 5.74) is -0.968. The number of aliphatic hydroxyl groups excluding tert-OH is 1. The molecular formula is C21H24ClFN4O3. The maximum atomic E-state index is 15.0. The number of fused-ring (bicyclic) bond motifs is 1. The van der Waals surface area contributed by atoms with E-state index in [0.29, 0.717) is 10.6 Å². The molecule has 1 saturated heterocycles. The Bertz CT molecular complexity index is 961. The quantitative estimate of drug-likeness (QED) is 0.768. The van der Waals surface area contributed by atoms with Crippen LogP contribution in [0.1, 0.15) is 53.3 Å². The van der Waals surface area contributed by atoms with Crippen molar-refractivity contribution >= 4 is 17.5 Å². The Morgan fingerprint density at radius 2 is 1.90 bits per heavy atom. The number of halogens is 2. The van der Waals surface area contributed by atoms with E-state index in [1.807, 2.05) is 7.05 Å². The lowest BCUT2D eigenvalue weighted by molar-refractivity contribution is -0.0305. The molecule has 0 saturated carbocycles. The topological polar surface area (TPSA) is 89.8 Å². The first-order valence-corrected chi connectivity index (χ1v) is 10.3. The minimum Gasteiger partial charge on any atom is -0.385 e. The molecule has 2 atom stereocenters. The predicted molar refractivity (Wildman–Crippen MR) is 108 cm³/mol. The number of hydrogen-bond donors (Lipinski definition) is 2. The van der Waals surface area contributed by atoms with Crippen LogP contribution in [0.3, 0.4) is 0 Å². The highest BCUT2D eigenvalue weighted by Gasteiger charge is 2.42. The molecular weight excluding hydrogens is 411 g/mol. The first-order valence-electron chi connectivity index (χ1n) is 9.88. The van der Waals surface area contributed by atoms with Crippen LogP contribution in [0, 0.1) is 11.7 Å². The molecule has 2 N–H and O–H groups in total. The van der Waals surface area contributed by atoms with Gasteiger partial charge in [0.25, 0.3) is 5.91 Å². The molecule has 9 heteroatoms. The van der Waals surface area contributed by atoms with Crippen LogP contribution in [0.4, 0.5) is 4.39 Å². The lowest BCUT2D eigenvalue weighted by atomic mass is 9.77. The van der Waals surface area contributed by atoms with Crippen LogP contribution in [0.15, 0.2) is 24.5 Å². The van der Waals surface area contributed by atoms with E-state index in [0.717, 1.165) is 30.8 Å². The number of piperidine rings is 1. The molecule has 1 amide bonds. The van der Waals surface area contributed by atoms with Crippen molar-refractivity contribution < 1.29 is 19.4 Å². The second-order valence-electron chi connectivity index (χ2n) is 8.27. The van der Waals surface area contributed by atoms with Gasteiger partial charge in [-0.15, -0.1) is 0 Å². The largest absolute Gasteiger partial charge is 0.385 e. The van der Waals surface area contributed by atoms with Crippen molar-refractivity contribution in [3.05, 3.63) is 57.9 Å². The number of rotatable bonds is 4. The molecule has 2 unspecified atom stereocenters. The fourth-order valence-corrected chi connectivity index (χ4v) is 4.41. The van der Waals surface area contributed by atoms with Crippen LogP contribution in [-0.4, -0.2) is 56.0 Å². The number of carbonyl (C=O) groups excluding carboxylic acids is 1. The van der Waals surface area contributed by atoms with Crippen molar-refractivity contribution in [2.45, 2.75) is 38.1 Å². The average Bonchev–Trinajstić information content (AvgIpc) is 2.95. The summed E-state index contributed by atoms with van der Waals surface area (Å²) in [6.45, 7) is 3.27. The van der Waals surface area contributed by atoms with Gasteiger partial charge in [0.1, 0.15) is 11.6 Å². The van der Waals surface area contributed by atoms with E-state index in [1.165, 1.54) is 24.5 Å². The number of likely N-dealkylation sites (tertiary alicyclic amines) is 1. The molecule has 30 heavy (non-hydrogen) atoms. The molecule has 1 fully saturated rings. The number of carbonyl (C=O) groups is 1. The second-order valence-corrected chi connectivity index (χ2v) is 8.71. The number of nitrogens with zero attached hydrogens (tertiary/aromatic N) is 4. The summed E-state index contributed by atoms with van der Waals surface area (Å²) < 4.78 is 15.0. The average molecular weight is 435 g/mol. The SMILES string of the molecule is CN1CCC(C(C)(O)c2cc(F)c3c(c2)C(=O)N(Cc2ncc(Cl)cn2)C3O)CC1. The zero-order chi connectivity index (χ0) is 21.6. The Morgan fingerprint density at radius 1 is 1.27 bits per heavy atom. The molecule has 3 heterocycles. The maximum absolute atomic E-state index is 15.0. The third-order valence-electron chi connectivity index (χ3n) is 6.26. The molecule has 0 bridgehead atoms. The van der Waals surface area contributed by atoms with E-state index < -0.39 is 23.6 Å². The standard InChI is InChI=1S/C21H24ClFN4O3/c1-21(30,12-3-5-26(2)6-4-12)13-7-15-18(16(23)8-13)20(29)27(19(15)28)11-17-24-9-14(22)10-25-17/h7-10,12,20,29-30H,3-6,11H2,1-2H3. The molecule has 1 aromatic carbocycles. The van der Waals surface area contributed by atoms with Gasteiger partial charge in [-0.25, -0.2) is 14.4 Å². The van der Waals surface area contributed by atoms with Crippen molar-refractivity contribution in [3.63, 3.8) is 0 Å². The molecule has 7 nitrogen and oxygen atoms in total. The monoisotopic (exact) mass is 434 g/mol. The summed E-state index contributed by atoms with van der Waals surface area (Å²) >= 11 is 5.78. The number of hydrogen-bond acceptors (Lipinski definition) is 6. The summed E-state index contributed by atoms with van der Waals surface area (Å²) in [7, 11) is 2.03. The van der Waals surface area contributed by atoms with Gasteiger partial charge in [-0.05, 0) is 63.5 Å². The van der Waals surface area contributed by atoms with Crippen molar-refractivity contribution in [3.8, 4) is 0 Å². The van der Waals surface area contributed by atoms with Crippen LogP contribution in [0.2, 0.25) is 5.02 Å².